The van der Waals surface area contributed by atoms with Crippen LogP contribution in [0.3, 0.4) is 0 Å². The molecule has 1 aromatic carbocycles. The van der Waals surface area contributed by atoms with E-state index in [4.69, 9.17) is 17.3 Å². The minimum Gasteiger partial charge on any atom is -0.398 e. The molecule has 0 fully saturated rings. The van der Waals surface area contributed by atoms with E-state index in [9.17, 15) is 8.42 Å². The molecule has 18 heavy (non-hydrogen) atoms. The molecule has 0 spiro atoms. The molecule has 9 heteroatoms. The monoisotopic (exact) mass is 367 g/mol. The number of sulfonamides is 1. The third kappa shape index (κ3) is 2.94. The topological polar surface area (TPSA) is 85.1 Å². The van der Waals surface area contributed by atoms with E-state index in [-0.39, 0.29) is 15.0 Å². The number of benzene rings is 1. The lowest BCUT2D eigenvalue weighted by atomic mass is 10.3. The summed E-state index contributed by atoms with van der Waals surface area (Å²) in [6.07, 6.45) is 1.51. The van der Waals surface area contributed by atoms with E-state index >= 15 is 0 Å². The Bertz CT molecular complexity index is 687. The maximum atomic E-state index is 12.0. The zero-order valence-electron chi connectivity index (χ0n) is 8.72. The summed E-state index contributed by atoms with van der Waals surface area (Å²) in [7, 11) is -3.70. The maximum absolute atomic E-state index is 12.0. The molecule has 1 aromatic heterocycles. The van der Waals surface area contributed by atoms with Gasteiger partial charge in [0.15, 0.2) is 5.13 Å². The Labute approximate surface area is 121 Å². The van der Waals surface area contributed by atoms with Crippen LogP contribution in [0, 0.1) is 0 Å². The molecule has 0 radical (unpaired) electrons. The van der Waals surface area contributed by atoms with Gasteiger partial charge in [-0.25, -0.2) is 13.4 Å². The van der Waals surface area contributed by atoms with Crippen LogP contribution >= 0.6 is 38.9 Å². The number of nitrogens with zero attached hydrogens (tertiary/aromatic N) is 1. The summed E-state index contributed by atoms with van der Waals surface area (Å²) in [4.78, 5) is 3.93. The molecule has 0 amide bonds. The van der Waals surface area contributed by atoms with Crippen LogP contribution in [0.15, 0.2) is 33.1 Å². The Morgan fingerprint density at radius 1 is 1.44 bits per heavy atom. The van der Waals surface area contributed by atoms with Crippen LogP contribution in [0.5, 0.6) is 0 Å². The number of hydrogen-bond acceptors (Lipinski definition) is 5. The van der Waals surface area contributed by atoms with Crippen molar-refractivity contribution in [3.8, 4) is 0 Å². The molecular weight excluding hydrogens is 362 g/mol. The van der Waals surface area contributed by atoms with Gasteiger partial charge in [0.2, 0.25) is 0 Å². The number of nitrogens with two attached hydrogens (primary N) is 1. The summed E-state index contributed by atoms with van der Waals surface area (Å²) in [6.45, 7) is 0. The minimum absolute atomic E-state index is 0.0352. The highest BCUT2D eigenvalue weighted by Gasteiger charge is 2.17. The van der Waals surface area contributed by atoms with Crippen molar-refractivity contribution in [3.05, 3.63) is 33.2 Å². The van der Waals surface area contributed by atoms with Gasteiger partial charge in [-0.2, -0.15) is 0 Å². The third-order valence-corrected chi connectivity index (χ3v) is 5.17. The number of nitrogen functional groups attached to an aromatic ring is 1. The Hall–Kier alpha value is -0.830. The molecule has 0 aliphatic carbocycles. The van der Waals surface area contributed by atoms with Gasteiger partial charge in [-0.3, -0.25) is 4.72 Å². The summed E-state index contributed by atoms with van der Waals surface area (Å²) >= 11 is 10.2. The lowest BCUT2D eigenvalue weighted by Crippen LogP contribution is -2.12. The first-order valence-corrected chi connectivity index (χ1v) is 8.05. The van der Waals surface area contributed by atoms with Gasteiger partial charge in [-0.05, 0) is 34.1 Å². The number of nitrogens with one attached hydrogen (secondary N) is 1. The SMILES string of the molecule is Nc1ccc(S(=O)(=O)Nc2ncc(Br)s2)cc1Cl. The fourth-order valence-electron chi connectivity index (χ4n) is 1.15. The van der Waals surface area contributed by atoms with Gasteiger partial charge in [0.1, 0.15) is 0 Å². The Morgan fingerprint density at radius 3 is 2.72 bits per heavy atom. The van der Waals surface area contributed by atoms with Crippen molar-refractivity contribution in [3.63, 3.8) is 0 Å². The molecule has 0 unspecified atom stereocenters. The van der Waals surface area contributed by atoms with Gasteiger partial charge in [-0.15, -0.1) is 0 Å². The van der Waals surface area contributed by atoms with E-state index in [0.29, 0.717) is 5.69 Å². The Kier molecular flexibility index (Phi) is 3.81. The van der Waals surface area contributed by atoms with Gasteiger partial charge < -0.3 is 5.73 Å². The van der Waals surface area contributed by atoms with Gasteiger partial charge in [-0.1, -0.05) is 22.9 Å². The summed E-state index contributed by atoms with van der Waals surface area (Å²) in [5.41, 5.74) is 5.85. The van der Waals surface area contributed by atoms with E-state index < -0.39 is 10.0 Å². The van der Waals surface area contributed by atoms with Crippen LogP contribution < -0.4 is 10.5 Å². The third-order valence-electron chi connectivity index (χ3n) is 1.98. The molecule has 5 nitrogen and oxygen atoms in total. The minimum atomic E-state index is -3.70. The van der Waals surface area contributed by atoms with Gasteiger partial charge in [0.05, 0.1) is 25.6 Å². The van der Waals surface area contributed by atoms with Gasteiger partial charge >= 0.3 is 0 Å². The molecule has 0 saturated carbocycles. The second-order valence-electron chi connectivity index (χ2n) is 3.26. The molecule has 0 aliphatic heterocycles. The molecule has 0 atom stereocenters. The fraction of sp³-hybridized carbons (Fsp3) is 0. The predicted molar refractivity (Wildman–Crippen MR) is 76.5 cm³/mol. The largest absolute Gasteiger partial charge is 0.398 e. The molecule has 1 heterocycles. The van der Waals surface area contributed by atoms with Crippen LogP contribution in [-0.4, -0.2) is 13.4 Å². The number of halogens is 2. The smallest absolute Gasteiger partial charge is 0.263 e. The lowest BCUT2D eigenvalue weighted by Gasteiger charge is -2.06. The summed E-state index contributed by atoms with van der Waals surface area (Å²) < 4.78 is 27.1. The highest BCUT2D eigenvalue weighted by molar-refractivity contribution is 9.11. The number of rotatable bonds is 3. The van der Waals surface area contributed by atoms with E-state index in [1.807, 2.05) is 0 Å². The molecule has 2 rings (SSSR count). The van der Waals surface area contributed by atoms with E-state index in [1.165, 1.54) is 35.7 Å². The van der Waals surface area contributed by atoms with Crippen LogP contribution in [0.4, 0.5) is 10.8 Å². The van der Waals surface area contributed by atoms with Crippen molar-refractivity contribution < 1.29 is 8.42 Å². The normalized spacial score (nSPS) is 11.4. The fourth-order valence-corrected chi connectivity index (χ4v) is 3.77. The van der Waals surface area contributed by atoms with E-state index in [0.717, 1.165) is 3.79 Å². The van der Waals surface area contributed by atoms with Crippen LogP contribution in [-0.2, 0) is 10.0 Å². The molecule has 2 aromatic rings. The van der Waals surface area contributed by atoms with Crippen molar-refractivity contribution in [1.29, 1.82) is 0 Å². The molecule has 0 saturated heterocycles. The first-order valence-electron chi connectivity index (χ1n) is 4.57. The highest BCUT2D eigenvalue weighted by Crippen LogP contribution is 2.27. The van der Waals surface area contributed by atoms with Crippen molar-refractivity contribution in [2.24, 2.45) is 0 Å². The zero-order valence-corrected chi connectivity index (χ0v) is 12.7. The zero-order chi connectivity index (χ0) is 13.3. The molecule has 0 aliphatic rings. The van der Waals surface area contributed by atoms with Gasteiger partial charge in [0, 0.05) is 0 Å². The molecule has 3 N–H and O–H groups in total. The Morgan fingerprint density at radius 2 is 2.17 bits per heavy atom. The average molecular weight is 369 g/mol. The number of thiazole rings is 1. The summed E-state index contributed by atoms with van der Waals surface area (Å²) in [5, 5.41) is 0.466. The number of anilines is 2. The standard InChI is InChI=1S/C9H7BrClN3O2S2/c10-8-4-13-9(17-8)14-18(15,16)5-1-2-7(12)6(11)3-5/h1-4H,12H2,(H,13,14). The van der Waals surface area contributed by atoms with Crippen molar-refractivity contribution in [2.45, 2.75) is 4.90 Å². The quantitative estimate of drug-likeness (QED) is 0.816. The first-order chi connectivity index (χ1) is 8.38. The van der Waals surface area contributed by atoms with Gasteiger partial charge in [0.25, 0.3) is 10.0 Å². The highest BCUT2D eigenvalue weighted by atomic mass is 79.9. The Balaban J connectivity index is 2.33. The van der Waals surface area contributed by atoms with Crippen LogP contribution in [0.1, 0.15) is 0 Å². The predicted octanol–water partition coefficient (Wildman–Crippen LogP) is 2.94. The van der Waals surface area contributed by atoms with Crippen molar-refractivity contribution in [2.75, 3.05) is 10.5 Å². The van der Waals surface area contributed by atoms with E-state index in [2.05, 4.69) is 25.6 Å². The first kappa shape index (κ1) is 13.6. The molecule has 96 valence electrons. The second kappa shape index (κ2) is 5.04. The van der Waals surface area contributed by atoms with Crippen molar-refractivity contribution in [1.82, 2.24) is 4.98 Å². The van der Waals surface area contributed by atoms with E-state index in [1.54, 1.807) is 0 Å². The van der Waals surface area contributed by atoms with Crippen LogP contribution in [0.25, 0.3) is 0 Å². The lowest BCUT2D eigenvalue weighted by molar-refractivity contribution is 0.601. The number of hydrogen-bond donors (Lipinski definition) is 2. The van der Waals surface area contributed by atoms with Crippen LogP contribution in [0.2, 0.25) is 5.02 Å². The number of aromatic nitrogens is 1. The van der Waals surface area contributed by atoms with Crippen molar-refractivity contribution >= 4 is 59.7 Å². The molecule has 0 bridgehead atoms. The maximum Gasteiger partial charge on any atom is 0.263 e. The average Bonchev–Trinajstić information content (AvgIpc) is 2.67. The second-order valence-corrected chi connectivity index (χ2v) is 7.76. The summed E-state index contributed by atoms with van der Waals surface area (Å²) in [6, 6.07) is 4.11. The molecular formula is C9H7BrClN3O2S2. The summed E-state index contributed by atoms with van der Waals surface area (Å²) in [5.74, 6) is 0.